The second-order valence-corrected chi connectivity index (χ2v) is 4.48. The molecule has 2 N–H and O–H groups in total. The molecular weight excluding hydrogens is 214 g/mol. The predicted molar refractivity (Wildman–Crippen MR) is 72.6 cm³/mol. The second kappa shape index (κ2) is 6.45. The Labute approximate surface area is 104 Å². The lowest BCUT2D eigenvalue weighted by Gasteiger charge is -2.25. The standard InChI is InChI=1S/C13H23N3O/c1-5-14-11-8-7-9-12(16-11)15-10-13(3,4)17-6-2/h7-9H,5-6,10H2,1-4H3,(H2,14,15,16). The van der Waals surface area contributed by atoms with Crippen molar-refractivity contribution in [2.24, 2.45) is 0 Å². The normalized spacial score (nSPS) is 11.3. The van der Waals surface area contributed by atoms with E-state index < -0.39 is 0 Å². The molecule has 0 fully saturated rings. The van der Waals surface area contributed by atoms with Gasteiger partial charge in [0.1, 0.15) is 11.6 Å². The minimum Gasteiger partial charge on any atom is -0.374 e. The van der Waals surface area contributed by atoms with Crippen molar-refractivity contribution in [2.75, 3.05) is 30.3 Å². The van der Waals surface area contributed by atoms with Gasteiger partial charge in [-0.1, -0.05) is 6.07 Å². The molecule has 0 aliphatic carbocycles. The van der Waals surface area contributed by atoms with Crippen molar-refractivity contribution >= 4 is 11.6 Å². The third-order valence-electron chi connectivity index (χ3n) is 2.34. The van der Waals surface area contributed by atoms with E-state index in [1.165, 1.54) is 0 Å². The van der Waals surface area contributed by atoms with Gasteiger partial charge in [-0.15, -0.1) is 0 Å². The van der Waals surface area contributed by atoms with E-state index in [0.717, 1.165) is 31.3 Å². The second-order valence-electron chi connectivity index (χ2n) is 4.48. The van der Waals surface area contributed by atoms with Crippen LogP contribution < -0.4 is 10.6 Å². The van der Waals surface area contributed by atoms with Crippen LogP contribution in [0.15, 0.2) is 18.2 Å². The number of pyridine rings is 1. The molecule has 1 heterocycles. The minimum absolute atomic E-state index is 0.176. The maximum Gasteiger partial charge on any atom is 0.128 e. The molecule has 96 valence electrons. The summed E-state index contributed by atoms with van der Waals surface area (Å²) in [5.74, 6) is 1.77. The third kappa shape index (κ3) is 5.04. The first kappa shape index (κ1) is 13.8. The van der Waals surface area contributed by atoms with E-state index in [0.29, 0.717) is 0 Å². The van der Waals surface area contributed by atoms with Gasteiger partial charge in [0, 0.05) is 19.7 Å². The first-order chi connectivity index (χ1) is 8.07. The van der Waals surface area contributed by atoms with Crippen molar-refractivity contribution in [3.05, 3.63) is 18.2 Å². The minimum atomic E-state index is -0.176. The van der Waals surface area contributed by atoms with Crippen LogP contribution in [-0.4, -0.2) is 30.3 Å². The van der Waals surface area contributed by atoms with Crippen LogP contribution in [0.1, 0.15) is 27.7 Å². The molecule has 1 rings (SSSR count). The monoisotopic (exact) mass is 237 g/mol. The fourth-order valence-electron chi connectivity index (χ4n) is 1.56. The molecule has 0 spiro atoms. The number of anilines is 2. The summed E-state index contributed by atoms with van der Waals surface area (Å²) in [5.41, 5.74) is -0.176. The number of nitrogens with one attached hydrogen (secondary N) is 2. The van der Waals surface area contributed by atoms with Crippen LogP contribution in [0, 0.1) is 0 Å². The van der Waals surface area contributed by atoms with Gasteiger partial charge in [0.05, 0.1) is 5.60 Å². The average Bonchev–Trinajstić information content (AvgIpc) is 2.28. The zero-order chi connectivity index (χ0) is 12.7. The SMILES string of the molecule is CCNc1cccc(NCC(C)(C)OCC)n1. The van der Waals surface area contributed by atoms with E-state index in [-0.39, 0.29) is 5.60 Å². The highest BCUT2D eigenvalue weighted by Crippen LogP contribution is 2.13. The topological polar surface area (TPSA) is 46.2 Å². The Balaban J connectivity index is 2.53. The number of hydrogen-bond donors (Lipinski definition) is 2. The van der Waals surface area contributed by atoms with Gasteiger partial charge in [0.25, 0.3) is 0 Å². The average molecular weight is 237 g/mol. The Hall–Kier alpha value is -1.29. The number of hydrogen-bond acceptors (Lipinski definition) is 4. The predicted octanol–water partition coefficient (Wildman–Crippen LogP) is 2.74. The molecule has 0 saturated carbocycles. The summed E-state index contributed by atoms with van der Waals surface area (Å²) in [4.78, 5) is 4.45. The van der Waals surface area contributed by atoms with Crippen LogP contribution in [0.4, 0.5) is 11.6 Å². The molecule has 1 aromatic heterocycles. The maximum absolute atomic E-state index is 5.62. The summed E-state index contributed by atoms with van der Waals surface area (Å²) in [6, 6.07) is 5.91. The van der Waals surface area contributed by atoms with Crippen LogP contribution in [-0.2, 0) is 4.74 Å². The van der Waals surface area contributed by atoms with Crippen molar-refractivity contribution in [3.8, 4) is 0 Å². The Kier molecular flexibility index (Phi) is 5.22. The summed E-state index contributed by atoms with van der Waals surface area (Å²) < 4.78 is 5.62. The third-order valence-corrected chi connectivity index (χ3v) is 2.34. The van der Waals surface area contributed by atoms with Gasteiger partial charge >= 0.3 is 0 Å². The van der Waals surface area contributed by atoms with Crippen LogP contribution in [0.5, 0.6) is 0 Å². The van der Waals surface area contributed by atoms with E-state index in [4.69, 9.17) is 4.74 Å². The van der Waals surface area contributed by atoms with Crippen LogP contribution in [0.25, 0.3) is 0 Å². The van der Waals surface area contributed by atoms with Crippen LogP contribution in [0.2, 0.25) is 0 Å². The lowest BCUT2D eigenvalue weighted by atomic mass is 10.1. The molecule has 0 aliphatic rings. The zero-order valence-electron chi connectivity index (χ0n) is 11.2. The van der Waals surface area contributed by atoms with Crippen molar-refractivity contribution in [2.45, 2.75) is 33.3 Å². The molecule has 0 amide bonds. The highest BCUT2D eigenvalue weighted by atomic mass is 16.5. The highest BCUT2D eigenvalue weighted by molar-refractivity contribution is 5.45. The van der Waals surface area contributed by atoms with Crippen molar-refractivity contribution in [1.82, 2.24) is 4.98 Å². The van der Waals surface area contributed by atoms with E-state index in [9.17, 15) is 0 Å². The molecule has 0 atom stereocenters. The number of nitrogens with zero attached hydrogens (tertiary/aromatic N) is 1. The fourth-order valence-corrected chi connectivity index (χ4v) is 1.56. The van der Waals surface area contributed by atoms with Crippen molar-refractivity contribution in [1.29, 1.82) is 0 Å². The maximum atomic E-state index is 5.62. The Morgan fingerprint density at radius 2 is 1.82 bits per heavy atom. The molecule has 4 heteroatoms. The van der Waals surface area contributed by atoms with Gasteiger partial charge in [-0.3, -0.25) is 0 Å². The van der Waals surface area contributed by atoms with Gasteiger partial charge in [-0.25, -0.2) is 4.98 Å². The summed E-state index contributed by atoms with van der Waals surface area (Å²) in [7, 11) is 0. The lowest BCUT2D eigenvalue weighted by Crippen LogP contribution is -2.33. The van der Waals surface area contributed by atoms with E-state index in [1.54, 1.807) is 0 Å². The number of ether oxygens (including phenoxy) is 1. The van der Waals surface area contributed by atoms with Crippen molar-refractivity contribution in [3.63, 3.8) is 0 Å². The molecule has 0 aromatic carbocycles. The first-order valence-corrected chi connectivity index (χ1v) is 6.16. The van der Waals surface area contributed by atoms with Crippen LogP contribution in [0.3, 0.4) is 0 Å². The lowest BCUT2D eigenvalue weighted by molar-refractivity contribution is 0.000644. The molecule has 0 aliphatic heterocycles. The molecule has 0 saturated heterocycles. The molecule has 0 bridgehead atoms. The Bertz CT molecular complexity index is 339. The van der Waals surface area contributed by atoms with Gasteiger partial charge in [-0.2, -0.15) is 0 Å². The molecule has 17 heavy (non-hydrogen) atoms. The number of rotatable bonds is 7. The number of aromatic nitrogens is 1. The Morgan fingerprint density at radius 1 is 1.18 bits per heavy atom. The van der Waals surface area contributed by atoms with Gasteiger partial charge in [0.15, 0.2) is 0 Å². The summed E-state index contributed by atoms with van der Waals surface area (Å²) in [6.45, 7) is 10.5. The van der Waals surface area contributed by atoms with Gasteiger partial charge < -0.3 is 15.4 Å². The fraction of sp³-hybridized carbons (Fsp3) is 0.615. The molecular formula is C13H23N3O. The van der Waals surface area contributed by atoms with Gasteiger partial charge in [-0.05, 0) is 39.8 Å². The van der Waals surface area contributed by atoms with Gasteiger partial charge in [0.2, 0.25) is 0 Å². The van der Waals surface area contributed by atoms with Crippen molar-refractivity contribution < 1.29 is 4.74 Å². The zero-order valence-corrected chi connectivity index (χ0v) is 11.2. The summed E-state index contributed by atoms with van der Waals surface area (Å²) in [6.07, 6.45) is 0. The molecule has 1 aromatic rings. The highest BCUT2D eigenvalue weighted by Gasteiger charge is 2.17. The summed E-state index contributed by atoms with van der Waals surface area (Å²) in [5, 5.41) is 6.48. The molecule has 0 radical (unpaired) electrons. The summed E-state index contributed by atoms with van der Waals surface area (Å²) >= 11 is 0. The smallest absolute Gasteiger partial charge is 0.128 e. The Morgan fingerprint density at radius 3 is 2.41 bits per heavy atom. The van der Waals surface area contributed by atoms with E-state index >= 15 is 0 Å². The molecule has 4 nitrogen and oxygen atoms in total. The quantitative estimate of drug-likeness (QED) is 0.765. The molecule has 0 unspecified atom stereocenters. The first-order valence-electron chi connectivity index (χ1n) is 6.16. The largest absolute Gasteiger partial charge is 0.374 e. The van der Waals surface area contributed by atoms with Crippen LogP contribution >= 0.6 is 0 Å². The van der Waals surface area contributed by atoms with E-state index in [2.05, 4.69) is 36.4 Å². The van der Waals surface area contributed by atoms with E-state index in [1.807, 2.05) is 25.1 Å².